The highest BCUT2D eigenvalue weighted by atomic mass is 79.9. The molecule has 1 aromatic rings. The lowest BCUT2D eigenvalue weighted by atomic mass is 9.93. The predicted molar refractivity (Wildman–Crippen MR) is 77.9 cm³/mol. The highest BCUT2D eigenvalue weighted by molar-refractivity contribution is 9.10. The number of benzene rings is 1. The Morgan fingerprint density at radius 1 is 1.45 bits per heavy atom. The van der Waals surface area contributed by atoms with Crippen LogP contribution in [0.15, 0.2) is 33.6 Å². The molecule has 1 heterocycles. The first-order valence-electron chi connectivity index (χ1n) is 6.34. The second-order valence-corrected chi connectivity index (χ2v) is 7.78. The number of hydrogen-bond donors (Lipinski definition) is 1. The smallest absolute Gasteiger partial charge is 0.322 e. The van der Waals surface area contributed by atoms with Gasteiger partial charge in [-0.15, -0.1) is 0 Å². The average molecular weight is 362 g/mol. The summed E-state index contributed by atoms with van der Waals surface area (Å²) in [5, 5.41) is 9.33. The summed E-state index contributed by atoms with van der Waals surface area (Å²) in [6.07, 6.45) is 1.40. The topological polar surface area (TPSA) is 74.7 Å². The van der Waals surface area contributed by atoms with Crippen molar-refractivity contribution in [1.82, 2.24) is 4.31 Å². The summed E-state index contributed by atoms with van der Waals surface area (Å²) in [4.78, 5) is 11.5. The van der Waals surface area contributed by atoms with Gasteiger partial charge in [0.1, 0.15) is 6.04 Å². The largest absolute Gasteiger partial charge is 0.480 e. The molecule has 1 aliphatic rings. The molecule has 0 aromatic heterocycles. The number of carboxylic acid groups (broad SMARTS) is 1. The van der Waals surface area contributed by atoms with Gasteiger partial charge >= 0.3 is 5.97 Å². The van der Waals surface area contributed by atoms with Crippen molar-refractivity contribution in [3.63, 3.8) is 0 Å². The summed E-state index contributed by atoms with van der Waals surface area (Å²) in [6, 6.07) is 5.34. The molecule has 5 nitrogen and oxygen atoms in total. The van der Waals surface area contributed by atoms with E-state index < -0.39 is 22.0 Å². The van der Waals surface area contributed by atoms with E-state index in [1.54, 1.807) is 19.1 Å². The molecule has 0 bridgehead atoms. The molecular formula is C13H16BrNO4S. The third kappa shape index (κ3) is 2.89. The summed E-state index contributed by atoms with van der Waals surface area (Å²) < 4.78 is 27.0. The number of piperidine rings is 1. The van der Waals surface area contributed by atoms with E-state index in [2.05, 4.69) is 15.9 Å². The average Bonchev–Trinajstić information content (AvgIpc) is 2.38. The highest BCUT2D eigenvalue weighted by Crippen LogP contribution is 2.30. The van der Waals surface area contributed by atoms with Crippen LogP contribution in [0.1, 0.15) is 19.8 Å². The third-order valence-corrected chi connectivity index (χ3v) is 5.91. The van der Waals surface area contributed by atoms with Gasteiger partial charge in [0.25, 0.3) is 0 Å². The molecular weight excluding hydrogens is 346 g/mol. The lowest BCUT2D eigenvalue weighted by Crippen LogP contribution is -2.51. The molecule has 2 atom stereocenters. The Morgan fingerprint density at radius 2 is 2.15 bits per heavy atom. The van der Waals surface area contributed by atoms with Gasteiger partial charge in [0.2, 0.25) is 10.0 Å². The van der Waals surface area contributed by atoms with Crippen LogP contribution in [-0.4, -0.2) is 36.4 Å². The minimum absolute atomic E-state index is 0.118. The first-order valence-corrected chi connectivity index (χ1v) is 8.57. The molecule has 110 valence electrons. The number of carbonyl (C=O) groups is 1. The molecule has 0 radical (unpaired) electrons. The highest BCUT2D eigenvalue weighted by Gasteiger charge is 2.41. The number of hydrogen-bond acceptors (Lipinski definition) is 3. The van der Waals surface area contributed by atoms with Crippen LogP contribution in [0.5, 0.6) is 0 Å². The maximum atomic E-state index is 12.6. The van der Waals surface area contributed by atoms with E-state index in [0.29, 0.717) is 10.9 Å². The predicted octanol–water partition coefficient (Wildman–Crippen LogP) is 2.32. The van der Waals surface area contributed by atoms with E-state index in [-0.39, 0.29) is 17.4 Å². The summed E-state index contributed by atoms with van der Waals surface area (Å²) in [7, 11) is -3.79. The van der Waals surface area contributed by atoms with Gasteiger partial charge in [-0.1, -0.05) is 28.9 Å². The molecule has 0 amide bonds. The van der Waals surface area contributed by atoms with Crippen LogP contribution in [-0.2, 0) is 14.8 Å². The molecule has 1 aliphatic heterocycles. The quantitative estimate of drug-likeness (QED) is 0.896. The van der Waals surface area contributed by atoms with Gasteiger partial charge < -0.3 is 5.11 Å². The van der Waals surface area contributed by atoms with Gasteiger partial charge in [0.15, 0.2) is 0 Å². The van der Waals surface area contributed by atoms with Crippen molar-refractivity contribution in [2.75, 3.05) is 6.54 Å². The minimum Gasteiger partial charge on any atom is -0.480 e. The molecule has 0 spiro atoms. The summed E-state index contributed by atoms with van der Waals surface area (Å²) in [5.41, 5.74) is 0. The Balaban J connectivity index is 2.44. The van der Waals surface area contributed by atoms with Crippen LogP contribution in [0.3, 0.4) is 0 Å². The van der Waals surface area contributed by atoms with Crippen LogP contribution in [0, 0.1) is 5.92 Å². The van der Waals surface area contributed by atoms with Crippen molar-refractivity contribution in [3.05, 3.63) is 28.7 Å². The fourth-order valence-electron chi connectivity index (χ4n) is 2.55. The van der Waals surface area contributed by atoms with Gasteiger partial charge in [0.05, 0.1) is 4.90 Å². The fourth-order valence-corrected chi connectivity index (χ4v) is 4.86. The van der Waals surface area contributed by atoms with Crippen molar-refractivity contribution in [2.45, 2.75) is 30.7 Å². The number of carboxylic acids is 1. The number of halogens is 1. The number of sulfonamides is 1. The van der Waals surface area contributed by atoms with Crippen LogP contribution < -0.4 is 0 Å². The van der Waals surface area contributed by atoms with Gasteiger partial charge in [-0.2, -0.15) is 4.31 Å². The van der Waals surface area contributed by atoms with E-state index in [1.165, 1.54) is 12.1 Å². The van der Waals surface area contributed by atoms with Crippen molar-refractivity contribution < 1.29 is 18.3 Å². The number of nitrogens with zero attached hydrogens (tertiary/aromatic N) is 1. The summed E-state index contributed by atoms with van der Waals surface area (Å²) in [6.45, 7) is 2.03. The Kier molecular flexibility index (Phi) is 4.51. The van der Waals surface area contributed by atoms with Gasteiger partial charge in [-0.25, -0.2) is 8.42 Å². The SMILES string of the molecule is CC1CCCN(S(=O)(=O)c2cccc(Br)c2)C1C(=O)O. The lowest BCUT2D eigenvalue weighted by molar-refractivity contribution is -0.144. The zero-order chi connectivity index (χ0) is 14.9. The fraction of sp³-hybridized carbons (Fsp3) is 0.462. The van der Waals surface area contributed by atoms with E-state index in [1.807, 2.05) is 0 Å². The van der Waals surface area contributed by atoms with E-state index >= 15 is 0 Å². The van der Waals surface area contributed by atoms with Gasteiger partial charge in [0, 0.05) is 11.0 Å². The monoisotopic (exact) mass is 361 g/mol. The Labute approximate surface area is 126 Å². The van der Waals surface area contributed by atoms with E-state index in [0.717, 1.165) is 10.7 Å². The summed E-state index contributed by atoms with van der Waals surface area (Å²) in [5.74, 6) is -1.28. The van der Waals surface area contributed by atoms with Gasteiger partial charge in [-0.05, 0) is 37.0 Å². The first-order chi connectivity index (χ1) is 9.34. The van der Waals surface area contributed by atoms with Crippen LogP contribution >= 0.6 is 15.9 Å². The molecule has 2 unspecified atom stereocenters. The second kappa shape index (κ2) is 5.83. The van der Waals surface area contributed by atoms with E-state index in [4.69, 9.17) is 0 Å². The molecule has 1 aromatic carbocycles. The van der Waals surface area contributed by atoms with Crippen molar-refractivity contribution in [3.8, 4) is 0 Å². The summed E-state index contributed by atoms with van der Waals surface area (Å²) >= 11 is 3.24. The molecule has 1 fully saturated rings. The standard InChI is InChI=1S/C13H16BrNO4S/c1-9-4-3-7-15(12(9)13(16)17)20(18,19)11-6-2-5-10(14)8-11/h2,5-6,8-9,12H,3-4,7H2,1H3,(H,16,17). The zero-order valence-electron chi connectivity index (χ0n) is 11.0. The zero-order valence-corrected chi connectivity index (χ0v) is 13.4. The molecule has 1 saturated heterocycles. The molecule has 2 rings (SSSR count). The van der Waals surface area contributed by atoms with Gasteiger partial charge in [-0.3, -0.25) is 4.79 Å². The van der Waals surface area contributed by atoms with Crippen LogP contribution in [0.4, 0.5) is 0 Å². The minimum atomic E-state index is -3.79. The van der Waals surface area contributed by atoms with Crippen molar-refractivity contribution >= 4 is 31.9 Å². The van der Waals surface area contributed by atoms with Crippen molar-refractivity contribution in [2.24, 2.45) is 5.92 Å². The normalized spacial score (nSPS) is 24.5. The van der Waals surface area contributed by atoms with E-state index in [9.17, 15) is 18.3 Å². The molecule has 0 aliphatic carbocycles. The van der Waals surface area contributed by atoms with Crippen molar-refractivity contribution in [1.29, 1.82) is 0 Å². The maximum Gasteiger partial charge on any atom is 0.322 e. The Morgan fingerprint density at radius 3 is 2.75 bits per heavy atom. The third-order valence-electron chi connectivity index (χ3n) is 3.54. The second-order valence-electron chi connectivity index (χ2n) is 4.98. The Bertz CT molecular complexity index is 617. The van der Waals surface area contributed by atoms with Crippen LogP contribution in [0.2, 0.25) is 0 Å². The Hall–Kier alpha value is -0.920. The molecule has 20 heavy (non-hydrogen) atoms. The number of aliphatic carboxylic acids is 1. The van der Waals surface area contributed by atoms with Crippen LogP contribution in [0.25, 0.3) is 0 Å². The number of rotatable bonds is 3. The molecule has 0 saturated carbocycles. The first kappa shape index (κ1) is 15.5. The maximum absolute atomic E-state index is 12.6. The lowest BCUT2D eigenvalue weighted by Gasteiger charge is -2.36. The molecule has 7 heteroatoms. The molecule has 1 N–H and O–H groups in total.